The van der Waals surface area contributed by atoms with Crippen molar-refractivity contribution in [1.29, 1.82) is 0 Å². The van der Waals surface area contributed by atoms with Crippen LogP contribution < -0.4 is 5.73 Å². The summed E-state index contributed by atoms with van der Waals surface area (Å²) in [6, 6.07) is 3.73. The van der Waals surface area contributed by atoms with Gasteiger partial charge in [0.25, 0.3) is 0 Å². The fraction of sp³-hybridized carbons (Fsp3) is 0.583. The van der Waals surface area contributed by atoms with E-state index in [4.69, 9.17) is 10.2 Å². The van der Waals surface area contributed by atoms with Gasteiger partial charge in [0.05, 0.1) is 13.5 Å². The van der Waals surface area contributed by atoms with Gasteiger partial charge in [-0.2, -0.15) is 0 Å². The van der Waals surface area contributed by atoms with Gasteiger partial charge in [0.15, 0.2) is 0 Å². The number of ether oxygens (including phenoxy) is 1. The minimum absolute atomic E-state index is 0.173. The quantitative estimate of drug-likeness (QED) is 0.796. The second-order valence-corrected chi connectivity index (χ2v) is 4.60. The molecule has 0 aliphatic carbocycles. The Labute approximate surface area is 95.8 Å². The predicted molar refractivity (Wildman–Crippen MR) is 61.1 cm³/mol. The second kappa shape index (κ2) is 4.70. The van der Waals surface area contributed by atoms with Crippen LogP contribution in [-0.4, -0.2) is 18.6 Å². The standard InChI is InChI=1S/C12H19NO3/c1-8-5-6-10(16-8)9(12(2,3)13)7-11(14)15-4/h5-6,9H,7,13H2,1-4H3. The Kier molecular flexibility index (Phi) is 3.75. The first kappa shape index (κ1) is 12.8. The molecule has 0 aromatic carbocycles. The number of methoxy groups -OCH3 is 1. The van der Waals surface area contributed by atoms with Crippen LogP contribution in [0.5, 0.6) is 0 Å². The molecule has 1 heterocycles. The van der Waals surface area contributed by atoms with Crippen molar-refractivity contribution in [3.8, 4) is 0 Å². The van der Waals surface area contributed by atoms with Crippen molar-refractivity contribution >= 4 is 5.97 Å². The summed E-state index contributed by atoms with van der Waals surface area (Å²) >= 11 is 0. The van der Waals surface area contributed by atoms with Gasteiger partial charge in [-0.05, 0) is 32.9 Å². The number of furan rings is 1. The fourth-order valence-electron chi connectivity index (χ4n) is 1.62. The molecule has 0 fully saturated rings. The molecule has 0 saturated heterocycles. The maximum atomic E-state index is 11.3. The first-order valence-corrected chi connectivity index (χ1v) is 5.26. The first-order chi connectivity index (χ1) is 7.34. The van der Waals surface area contributed by atoms with Crippen LogP contribution in [0.2, 0.25) is 0 Å². The zero-order chi connectivity index (χ0) is 12.3. The van der Waals surface area contributed by atoms with Crippen molar-refractivity contribution in [1.82, 2.24) is 0 Å². The number of esters is 1. The van der Waals surface area contributed by atoms with E-state index in [2.05, 4.69) is 4.74 Å². The van der Waals surface area contributed by atoms with E-state index in [1.165, 1.54) is 7.11 Å². The lowest BCUT2D eigenvalue weighted by molar-refractivity contribution is -0.141. The third-order valence-electron chi connectivity index (χ3n) is 2.60. The van der Waals surface area contributed by atoms with Crippen LogP contribution in [0.15, 0.2) is 16.5 Å². The molecule has 0 bridgehead atoms. The number of aryl methyl sites for hydroxylation is 1. The van der Waals surface area contributed by atoms with Gasteiger partial charge < -0.3 is 14.9 Å². The molecule has 0 spiro atoms. The highest BCUT2D eigenvalue weighted by Gasteiger charge is 2.31. The molecule has 0 aliphatic rings. The highest BCUT2D eigenvalue weighted by Crippen LogP contribution is 2.31. The molecule has 1 rings (SSSR count). The van der Waals surface area contributed by atoms with Crippen molar-refractivity contribution in [3.05, 3.63) is 23.7 Å². The van der Waals surface area contributed by atoms with Gasteiger partial charge in [0.1, 0.15) is 11.5 Å². The maximum absolute atomic E-state index is 11.3. The summed E-state index contributed by atoms with van der Waals surface area (Å²) in [5, 5.41) is 0. The minimum Gasteiger partial charge on any atom is -0.469 e. The van der Waals surface area contributed by atoms with E-state index in [0.29, 0.717) is 0 Å². The molecular weight excluding hydrogens is 206 g/mol. The third-order valence-corrected chi connectivity index (χ3v) is 2.60. The van der Waals surface area contributed by atoms with E-state index in [1.54, 1.807) is 0 Å². The molecule has 4 nitrogen and oxygen atoms in total. The molecule has 0 aliphatic heterocycles. The molecule has 1 atom stereocenters. The molecule has 90 valence electrons. The molecule has 1 aromatic heterocycles. The molecule has 2 N–H and O–H groups in total. The summed E-state index contributed by atoms with van der Waals surface area (Å²) in [6.07, 6.45) is 0.229. The van der Waals surface area contributed by atoms with E-state index in [0.717, 1.165) is 11.5 Å². The summed E-state index contributed by atoms with van der Waals surface area (Å²) in [7, 11) is 1.37. The number of carbonyl (C=O) groups excluding carboxylic acids is 1. The van der Waals surface area contributed by atoms with Crippen LogP contribution in [0, 0.1) is 6.92 Å². The Bertz CT molecular complexity index is 363. The number of nitrogens with two attached hydrogens (primary N) is 1. The van der Waals surface area contributed by atoms with Crippen molar-refractivity contribution in [2.75, 3.05) is 7.11 Å². The van der Waals surface area contributed by atoms with E-state index in [1.807, 2.05) is 32.9 Å². The van der Waals surface area contributed by atoms with Gasteiger partial charge in [-0.25, -0.2) is 0 Å². The Morgan fingerprint density at radius 1 is 1.56 bits per heavy atom. The summed E-state index contributed by atoms with van der Waals surface area (Å²) in [6.45, 7) is 5.61. The van der Waals surface area contributed by atoms with Crippen LogP contribution in [0.25, 0.3) is 0 Å². The largest absolute Gasteiger partial charge is 0.469 e. The number of hydrogen-bond acceptors (Lipinski definition) is 4. The molecule has 1 aromatic rings. The van der Waals surface area contributed by atoms with Gasteiger partial charge in [0, 0.05) is 11.5 Å². The highest BCUT2D eigenvalue weighted by atomic mass is 16.5. The number of rotatable bonds is 4. The Morgan fingerprint density at radius 3 is 2.56 bits per heavy atom. The Balaban J connectivity index is 2.92. The average Bonchev–Trinajstić information content (AvgIpc) is 2.58. The van der Waals surface area contributed by atoms with E-state index in [-0.39, 0.29) is 18.3 Å². The van der Waals surface area contributed by atoms with Crippen LogP contribution >= 0.6 is 0 Å². The zero-order valence-electron chi connectivity index (χ0n) is 10.2. The number of hydrogen-bond donors (Lipinski definition) is 1. The van der Waals surface area contributed by atoms with Gasteiger partial charge >= 0.3 is 5.97 Å². The topological polar surface area (TPSA) is 65.5 Å². The monoisotopic (exact) mass is 225 g/mol. The van der Waals surface area contributed by atoms with Gasteiger partial charge in [-0.3, -0.25) is 4.79 Å². The third kappa shape index (κ3) is 3.10. The molecule has 4 heteroatoms. The molecule has 16 heavy (non-hydrogen) atoms. The van der Waals surface area contributed by atoms with E-state index < -0.39 is 5.54 Å². The lowest BCUT2D eigenvalue weighted by Crippen LogP contribution is -2.40. The van der Waals surface area contributed by atoms with Crippen molar-refractivity contribution in [2.24, 2.45) is 5.73 Å². The Morgan fingerprint density at radius 2 is 2.19 bits per heavy atom. The van der Waals surface area contributed by atoms with Crippen LogP contribution in [0.3, 0.4) is 0 Å². The molecule has 0 amide bonds. The maximum Gasteiger partial charge on any atom is 0.306 e. The van der Waals surface area contributed by atoms with Crippen LogP contribution in [0.4, 0.5) is 0 Å². The lowest BCUT2D eigenvalue weighted by atomic mass is 9.84. The van der Waals surface area contributed by atoms with Gasteiger partial charge in [0.2, 0.25) is 0 Å². The minimum atomic E-state index is -0.529. The lowest BCUT2D eigenvalue weighted by Gasteiger charge is -2.28. The average molecular weight is 225 g/mol. The summed E-state index contributed by atoms with van der Waals surface area (Å²) in [5.41, 5.74) is 5.53. The molecule has 0 radical (unpaired) electrons. The highest BCUT2D eigenvalue weighted by molar-refractivity contribution is 5.70. The zero-order valence-corrected chi connectivity index (χ0v) is 10.2. The molecular formula is C12H19NO3. The summed E-state index contributed by atoms with van der Waals surface area (Å²) in [4.78, 5) is 11.3. The fourth-order valence-corrected chi connectivity index (χ4v) is 1.62. The van der Waals surface area contributed by atoms with E-state index in [9.17, 15) is 4.79 Å². The molecule has 1 unspecified atom stereocenters. The smallest absolute Gasteiger partial charge is 0.306 e. The summed E-state index contributed by atoms with van der Waals surface area (Å²) < 4.78 is 10.2. The summed E-state index contributed by atoms with van der Waals surface area (Å²) in [5.74, 6) is 1.09. The number of carbonyl (C=O) groups is 1. The van der Waals surface area contributed by atoms with Crippen molar-refractivity contribution < 1.29 is 13.9 Å². The van der Waals surface area contributed by atoms with Crippen LogP contribution in [-0.2, 0) is 9.53 Å². The Hall–Kier alpha value is -1.29. The SMILES string of the molecule is COC(=O)CC(c1ccc(C)o1)C(C)(C)N. The normalized spacial score (nSPS) is 13.6. The van der Waals surface area contributed by atoms with Gasteiger partial charge in [-0.1, -0.05) is 0 Å². The van der Waals surface area contributed by atoms with Crippen LogP contribution in [0.1, 0.15) is 37.7 Å². The van der Waals surface area contributed by atoms with Gasteiger partial charge in [-0.15, -0.1) is 0 Å². The predicted octanol–water partition coefficient (Wildman–Crippen LogP) is 1.97. The van der Waals surface area contributed by atoms with Crippen molar-refractivity contribution in [3.63, 3.8) is 0 Å². The molecule has 0 saturated carbocycles. The van der Waals surface area contributed by atoms with Crippen molar-refractivity contribution in [2.45, 2.75) is 38.6 Å². The first-order valence-electron chi connectivity index (χ1n) is 5.26. The van der Waals surface area contributed by atoms with E-state index >= 15 is 0 Å². The second-order valence-electron chi connectivity index (χ2n) is 4.60.